The summed E-state index contributed by atoms with van der Waals surface area (Å²) in [6, 6.07) is 13.0. The van der Waals surface area contributed by atoms with Crippen LogP contribution in [-0.4, -0.2) is 78.3 Å². The van der Waals surface area contributed by atoms with Crippen molar-refractivity contribution in [1.82, 2.24) is 14.8 Å². The van der Waals surface area contributed by atoms with E-state index in [0.717, 1.165) is 13.1 Å². The molecule has 0 spiro atoms. The molecule has 0 unspecified atom stereocenters. The van der Waals surface area contributed by atoms with Crippen LogP contribution in [-0.2, 0) is 14.3 Å². The Morgan fingerprint density at radius 2 is 1.83 bits per heavy atom. The number of halogens is 2. The van der Waals surface area contributed by atoms with Gasteiger partial charge in [-0.3, -0.25) is 14.5 Å². The maximum atomic E-state index is 14.8. The summed E-state index contributed by atoms with van der Waals surface area (Å²) in [5.41, 5.74) is 1.70. The highest BCUT2D eigenvalue weighted by Gasteiger charge is 2.36. The third kappa shape index (κ3) is 6.11. The Morgan fingerprint density at radius 1 is 1.14 bits per heavy atom. The van der Waals surface area contributed by atoms with Crippen LogP contribution in [0.15, 0.2) is 53.6 Å². The van der Waals surface area contributed by atoms with Crippen LogP contribution in [0.1, 0.15) is 37.4 Å². The van der Waals surface area contributed by atoms with Gasteiger partial charge in [0.25, 0.3) is 5.91 Å². The summed E-state index contributed by atoms with van der Waals surface area (Å²) in [5.74, 6) is -1.13. The number of ether oxygens (including phenoxy) is 1. The molecule has 1 saturated heterocycles. The zero-order chi connectivity index (χ0) is 25.7. The zero-order valence-electron chi connectivity index (χ0n) is 20.7. The minimum Gasteiger partial charge on any atom is -0.379 e. The van der Waals surface area contributed by atoms with Crippen LogP contribution in [0.2, 0.25) is 5.02 Å². The van der Waals surface area contributed by atoms with Crippen LogP contribution < -0.4 is 0 Å². The summed E-state index contributed by atoms with van der Waals surface area (Å²) >= 11 is 6.41. The van der Waals surface area contributed by atoms with Gasteiger partial charge in [-0.15, -0.1) is 0 Å². The summed E-state index contributed by atoms with van der Waals surface area (Å²) in [6.45, 7) is 7.49. The highest BCUT2D eigenvalue weighted by atomic mass is 35.5. The fraction of sp³-hybridized carbons (Fsp3) is 0.444. The molecule has 2 heterocycles. The molecule has 4 rings (SSSR count). The first-order chi connectivity index (χ1) is 17.3. The average Bonchev–Trinajstić information content (AvgIpc) is 3.32. The second-order valence-corrected chi connectivity index (χ2v) is 9.78. The van der Waals surface area contributed by atoms with Crippen LogP contribution in [0.3, 0.4) is 0 Å². The van der Waals surface area contributed by atoms with Gasteiger partial charge >= 0.3 is 0 Å². The number of carbonyl (C=O) groups is 2. The largest absolute Gasteiger partial charge is 0.379 e. The van der Waals surface area contributed by atoms with Gasteiger partial charge in [-0.05, 0) is 12.1 Å². The van der Waals surface area contributed by atoms with Gasteiger partial charge in [0.05, 0.1) is 25.0 Å². The smallest absolute Gasteiger partial charge is 0.262 e. The average molecular weight is 515 g/mol. The molecule has 2 aromatic rings. The van der Waals surface area contributed by atoms with Crippen LogP contribution in [0.4, 0.5) is 4.39 Å². The number of nitrogens with zero attached hydrogens (tertiary/aromatic N) is 4. The lowest BCUT2D eigenvalue weighted by molar-refractivity contribution is -0.143. The summed E-state index contributed by atoms with van der Waals surface area (Å²) < 4.78 is 20.2. The number of carbonyl (C=O) groups excluding carboxylic acids is 2. The molecule has 0 N–H and O–H groups in total. The van der Waals surface area contributed by atoms with E-state index in [1.807, 2.05) is 32.0 Å². The number of hydrogen-bond donors (Lipinski definition) is 0. The number of morpholine rings is 1. The number of hydrogen-bond acceptors (Lipinski definition) is 5. The highest BCUT2D eigenvalue weighted by Crippen LogP contribution is 2.35. The first-order valence-corrected chi connectivity index (χ1v) is 12.7. The zero-order valence-corrected chi connectivity index (χ0v) is 21.5. The molecule has 0 aliphatic carbocycles. The second kappa shape index (κ2) is 12.0. The van der Waals surface area contributed by atoms with E-state index in [0.29, 0.717) is 54.6 Å². The summed E-state index contributed by atoms with van der Waals surface area (Å²) in [4.78, 5) is 30.4. The highest BCUT2D eigenvalue weighted by molar-refractivity contribution is 6.34. The van der Waals surface area contributed by atoms with Gasteiger partial charge < -0.3 is 9.64 Å². The lowest BCUT2D eigenvalue weighted by atomic mass is 9.98. The van der Waals surface area contributed by atoms with Crippen LogP contribution in [0.25, 0.3) is 0 Å². The molecule has 2 aliphatic rings. The van der Waals surface area contributed by atoms with Crippen molar-refractivity contribution in [2.75, 3.05) is 45.9 Å². The van der Waals surface area contributed by atoms with Crippen molar-refractivity contribution in [3.05, 3.63) is 70.5 Å². The van der Waals surface area contributed by atoms with Gasteiger partial charge in [-0.25, -0.2) is 9.40 Å². The SMILES string of the molecule is CC(C)C(=O)N(CCN1CCOCC1)CC(=O)N1N=C(c2ccccc2Cl)C[C@H]1c1ccccc1F. The van der Waals surface area contributed by atoms with Crippen molar-refractivity contribution in [3.8, 4) is 0 Å². The lowest BCUT2D eigenvalue weighted by Crippen LogP contribution is -2.47. The molecule has 2 amide bonds. The predicted octanol–water partition coefficient (Wildman–Crippen LogP) is 3.97. The van der Waals surface area contributed by atoms with Gasteiger partial charge in [0, 0.05) is 54.7 Å². The normalized spacial score (nSPS) is 18.4. The Balaban J connectivity index is 1.58. The number of benzene rings is 2. The van der Waals surface area contributed by atoms with E-state index in [2.05, 4.69) is 10.0 Å². The molecule has 2 aromatic carbocycles. The van der Waals surface area contributed by atoms with Crippen LogP contribution in [0.5, 0.6) is 0 Å². The van der Waals surface area contributed by atoms with Crippen molar-refractivity contribution < 1.29 is 18.7 Å². The minimum absolute atomic E-state index is 0.103. The molecule has 9 heteroatoms. The van der Waals surface area contributed by atoms with E-state index < -0.39 is 11.9 Å². The van der Waals surface area contributed by atoms with Gasteiger partial charge in [-0.2, -0.15) is 5.10 Å². The first-order valence-electron chi connectivity index (χ1n) is 12.3. The quantitative estimate of drug-likeness (QED) is 0.534. The van der Waals surface area contributed by atoms with Crippen molar-refractivity contribution in [1.29, 1.82) is 0 Å². The van der Waals surface area contributed by atoms with E-state index in [9.17, 15) is 14.0 Å². The fourth-order valence-corrected chi connectivity index (χ4v) is 4.79. The van der Waals surface area contributed by atoms with Crippen LogP contribution in [0, 0.1) is 11.7 Å². The van der Waals surface area contributed by atoms with Gasteiger partial charge in [-0.1, -0.05) is 61.8 Å². The van der Waals surface area contributed by atoms with E-state index in [1.165, 1.54) is 11.1 Å². The number of amides is 2. The third-order valence-electron chi connectivity index (χ3n) is 6.54. The molecule has 0 radical (unpaired) electrons. The number of rotatable bonds is 8. The summed E-state index contributed by atoms with van der Waals surface area (Å²) in [5, 5.41) is 6.45. The van der Waals surface area contributed by atoms with Crippen molar-refractivity contribution in [2.24, 2.45) is 11.0 Å². The van der Waals surface area contributed by atoms with Crippen molar-refractivity contribution in [2.45, 2.75) is 26.3 Å². The minimum atomic E-state index is -0.625. The maximum absolute atomic E-state index is 14.8. The topological polar surface area (TPSA) is 65.5 Å². The fourth-order valence-electron chi connectivity index (χ4n) is 4.54. The standard InChI is InChI=1S/C27H32ClFN4O3/c1-19(2)27(35)32(12-11-31-13-15-36-16-14-31)18-26(34)33-25(21-8-4-6-10-23(21)29)17-24(30-33)20-7-3-5-9-22(20)28/h3-10,19,25H,11-18H2,1-2H3/t25-/m0/s1. The Kier molecular flexibility index (Phi) is 8.72. The first kappa shape index (κ1) is 26.3. The Labute approximate surface area is 216 Å². The molecule has 7 nitrogen and oxygen atoms in total. The maximum Gasteiger partial charge on any atom is 0.262 e. The lowest BCUT2D eigenvalue weighted by Gasteiger charge is -2.31. The molecule has 1 atom stereocenters. The van der Waals surface area contributed by atoms with Gasteiger partial charge in [0.2, 0.25) is 5.91 Å². The molecule has 0 aromatic heterocycles. The summed E-state index contributed by atoms with van der Waals surface area (Å²) in [7, 11) is 0. The number of hydrazone groups is 1. The van der Waals surface area contributed by atoms with E-state index >= 15 is 0 Å². The van der Waals surface area contributed by atoms with Crippen molar-refractivity contribution in [3.63, 3.8) is 0 Å². The van der Waals surface area contributed by atoms with E-state index in [-0.39, 0.29) is 24.3 Å². The molecule has 192 valence electrons. The van der Waals surface area contributed by atoms with Gasteiger partial charge in [0.15, 0.2) is 0 Å². The second-order valence-electron chi connectivity index (χ2n) is 9.37. The van der Waals surface area contributed by atoms with E-state index in [1.54, 1.807) is 29.2 Å². The summed E-state index contributed by atoms with van der Waals surface area (Å²) in [6.07, 6.45) is 0.322. The monoisotopic (exact) mass is 514 g/mol. The third-order valence-corrected chi connectivity index (χ3v) is 6.87. The molecular formula is C27H32ClFN4O3. The molecule has 0 bridgehead atoms. The van der Waals surface area contributed by atoms with Crippen LogP contribution >= 0.6 is 11.6 Å². The van der Waals surface area contributed by atoms with Gasteiger partial charge in [0.1, 0.15) is 12.4 Å². The Hall–Kier alpha value is -2.81. The Morgan fingerprint density at radius 3 is 2.53 bits per heavy atom. The van der Waals surface area contributed by atoms with Crippen molar-refractivity contribution >= 4 is 29.1 Å². The predicted molar refractivity (Wildman–Crippen MR) is 137 cm³/mol. The molecule has 0 saturated carbocycles. The molecular weight excluding hydrogens is 483 g/mol. The molecule has 36 heavy (non-hydrogen) atoms. The molecule has 2 aliphatic heterocycles. The molecule has 1 fully saturated rings. The Bertz CT molecular complexity index is 1120. The van der Waals surface area contributed by atoms with E-state index in [4.69, 9.17) is 16.3 Å².